The Kier molecular flexibility index (Phi) is 4.83. The van der Waals surface area contributed by atoms with Crippen LogP contribution in [0.1, 0.15) is 31.2 Å². The molecule has 3 rings (SSSR count). The molecule has 0 atom stereocenters. The van der Waals surface area contributed by atoms with Gasteiger partial charge in [0, 0.05) is 31.4 Å². The van der Waals surface area contributed by atoms with Gasteiger partial charge in [0.15, 0.2) is 0 Å². The lowest BCUT2D eigenvalue weighted by atomic mass is 10.0. The summed E-state index contributed by atoms with van der Waals surface area (Å²) in [7, 11) is -2.79. The summed E-state index contributed by atoms with van der Waals surface area (Å²) in [5.41, 5.74) is 0.576. The molecule has 0 radical (unpaired) electrons. The Morgan fingerprint density at radius 3 is 2.57 bits per heavy atom. The minimum absolute atomic E-state index is 0.320. The Hall–Kier alpha value is -1.65. The van der Waals surface area contributed by atoms with Crippen molar-refractivity contribution in [2.24, 2.45) is 0 Å². The lowest BCUT2D eigenvalue weighted by Crippen LogP contribution is -2.47. The molecule has 2 aliphatic heterocycles. The first-order valence-corrected chi connectivity index (χ1v) is 9.96. The molecule has 2 saturated heterocycles. The molecule has 0 amide bonds. The Bertz CT molecular complexity index is 676. The quantitative estimate of drug-likeness (QED) is 0.899. The van der Waals surface area contributed by atoms with Crippen molar-refractivity contribution >= 4 is 15.7 Å². The molecule has 1 aromatic rings. The van der Waals surface area contributed by atoms with Gasteiger partial charge in [0.2, 0.25) is 0 Å². The van der Waals surface area contributed by atoms with E-state index < -0.39 is 9.84 Å². The fraction of sp³-hybridized carbons (Fsp3) is 0.625. The molecule has 6 nitrogen and oxygen atoms in total. The van der Waals surface area contributed by atoms with Gasteiger partial charge in [0.25, 0.3) is 0 Å². The minimum Gasteiger partial charge on any atom is -0.366 e. The highest BCUT2D eigenvalue weighted by molar-refractivity contribution is 7.91. The average Bonchev–Trinajstić information content (AvgIpc) is 2.56. The van der Waals surface area contributed by atoms with Crippen molar-refractivity contribution in [3.8, 4) is 6.07 Å². The van der Waals surface area contributed by atoms with Crippen LogP contribution in [0.3, 0.4) is 0 Å². The number of sulfone groups is 1. The van der Waals surface area contributed by atoms with Crippen LogP contribution in [0.2, 0.25) is 0 Å². The highest BCUT2D eigenvalue weighted by Gasteiger charge is 2.30. The predicted molar refractivity (Wildman–Crippen MR) is 88.8 cm³/mol. The van der Waals surface area contributed by atoms with Crippen LogP contribution in [0.25, 0.3) is 0 Å². The number of hydrogen-bond donors (Lipinski definition) is 1. The molecule has 0 spiro atoms. The summed E-state index contributed by atoms with van der Waals surface area (Å²) in [5, 5.41) is 12.5. The number of piperidine rings is 1. The molecule has 2 fully saturated rings. The third-order valence-corrected chi connectivity index (χ3v) is 6.55. The Labute approximate surface area is 137 Å². The zero-order valence-corrected chi connectivity index (χ0v) is 13.9. The van der Waals surface area contributed by atoms with E-state index in [1.54, 1.807) is 18.3 Å². The molecule has 0 aliphatic carbocycles. The molecule has 2 aliphatic rings. The lowest BCUT2D eigenvalue weighted by Gasteiger charge is -2.39. The maximum Gasteiger partial charge on any atom is 0.150 e. The van der Waals surface area contributed by atoms with E-state index >= 15 is 0 Å². The highest BCUT2D eigenvalue weighted by Crippen LogP contribution is 2.24. The number of nitrogens with zero attached hydrogens (tertiary/aromatic N) is 3. The molecule has 0 unspecified atom stereocenters. The van der Waals surface area contributed by atoms with Gasteiger partial charge >= 0.3 is 0 Å². The maximum absolute atomic E-state index is 11.5. The standard InChI is InChI=1S/C16H22N4O2S/c17-12-13-2-1-7-18-16(13)19-14-3-8-20(9-4-14)15-5-10-23(21,22)11-6-15/h1-2,7,14-15H,3-6,8-11H2,(H,18,19). The van der Waals surface area contributed by atoms with E-state index in [9.17, 15) is 8.42 Å². The number of hydrogen-bond acceptors (Lipinski definition) is 6. The van der Waals surface area contributed by atoms with Crippen molar-refractivity contribution in [3.05, 3.63) is 23.9 Å². The van der Waals surface area contributed by atoms with E-state index in [4.69, 9.17) is 5.26 Å². The van der Waals surface area contributed by atoms with Crippen LogP contribution in [0.15, 0.2) is 18.3 Å². The minimum atomic E-state index is -2.79. The second-order valence-electron chi connectivity index (χ2n) is 6.35. The third kappa shape index (κ3) is 4.01. The predicted octanol–water partition coefficient (Wildman–Crippen LogP) is 1.41. The van der Waals surface area contributed by atoms with Crippen molar-refractivity contribution in [1.82, 2.24) is 9.88 Å². The molecule has 124 valence electrons. The molecular weight excluding hydrogens is 312 g/mol. The van der Waals surface area contributed by atoms with E-state index in [1.165, 1.54) is 0 Å². The summed E-state index contributed by atoms with van der Waals surface area (Å²) in [5.74, 6) is 1.32. The fourth-order valence-corrected chi connectivity index (χ4v) is 4.92. The smallest absolute Gasteiger partial charge is 0.150 e. The molecule has 0 bridgehead atoms. The van der Waals surface area contributed by atoms with Gasteiger partial charge in [-0.25, -0.2) is 13.4 Å². The zero-order valence-electron chi connectivity index (χ0n) is 13.1. The number of likely N-dealkylation sites (tertiary alicyclic amines) is 1. The van der Waals surface area contributed by atoms with Gasteiger partial charge in [0.1, 0.15) is 21.7 Å². The van der Waals surface area contributed by atoms with E-state index in [-0.39, 0.29) is 0 Å². The molecule has 0 aromatic carbocycles. The largest absolute Gasteiger partial charge is 0.366 e. The number of nitrogens with one attached hydrogen (secondary N) is 1. The molecule has 0 saturated carbocycles. The van der Waals surface area contributed by atoms with Crippen molar-refractivity contribution in [3.63, 3.8) is 0 Å². The Morgan fingerprint density at radius 2 is 1.91 bits per heavy atom. The van der Waals surface area contributed by atoms with Gasteiger partial charge in [-0.15, -0.1) is 0 Å². The monoisotopic (exact) mass is 334 g/mol. The first kappa shape index (κ1) is 16.2. The van der Waals surface area contributed by atoms with Crippen LogP contribution in [-0.4, -0.2) is 55.0 Å². The van der Waals surface area contributed by atoms with Gasteiger partial charge in [-0.2, -0.15) is 5.26 Å². The van der Waals surface area contributed by atoms with Gasteiger partial charge in [-0.3, -0.25) is 0 Å². The Morgan fingerprint density at radius 1 is 1.22 bits per heavy atom. The van der Waals surface area contributed by atoms with Crippen LogP contribution >= 0.6 is 0 Å². The molecule has 3 heterocycles. The van der Waals surface area contributed by atoms with Gasteiger partial charge in [-0.1, -0.05) is 0 Å². The average molecular weight is 334 g/mol. The van der Waals surface area contributed by atoms with E-state index in [2.05, 4.69) is 21.3 Å². The van der Waals surface area contributed by atoms with Gasteiger partial charge < -0.3 is 10.2 Å². The van der Waals surface area contributed by atoms with Crippen molar-refractivity contribution < 1.29 is 8.42 Å². The summed E-state index contributed by atoms with van der Waals surface area (Å²) >= 11 is 0. The topological polar surface area (TPSA) is 86.1 Å². The molecule has 23 heavy (non-hydrogen) atoms. The number of rotatable bonds is 3. The normalized spacial score (nSPS) is 23.3. The number of anilines is 1. The molecule has 1 N–H and O–H groups in total. The number of nitriles is 1. The first-order valence-electron chi connectivity index (χ1n) is 8.13. The highest BCUT2D eigenvalue weighted by atomic mass is 32.2. The summed E-state index contributed by atoms with van der Waals surface area (Å²) in [6, 6.07) is 6.43. The van der Waals surface area contributed by atoms with Crippen molar-refractivity contribution in [1.29, 1.82) is 5.26 Å². The zero-order chi connectivity index (χ0) is 16.3. The van der Waals surface area contributed by atoms with Crippen LogP contribution in [-0.2, 0) is 9.84 Å². The summed E-state index contributed by atoms with van der Waals surface area (Å²) < 4.78 is 23.1. The Balaban J connectivity index is 1.52. The maximum atomic E-state index is 11.5. The molecule has 1 aromatic heterocycles. The second kappa shape index (κ2) is 6.85. The SMILES string of the molecule is N#Cc1cccnc1NC1CCN(C2CCS(=O)(=O)CC2)CC1. The van der Waals surface area contributed by atoms with Crippen LogP contribution in [0.4, 0.5) is 5.82 Å². The van der Waals surface area contributed by atoms with Crippen molar-refractivity contribution in [2.75, 3.05) is 29.9 Å². The van der Waals surface area contributed by atoms with Crippen LogP contribution < -0.4 is 5.32 Å². The summed E-state index contributed by atoms with van der Waals surface area (Å²) in [6.07, 6.45) is 5.20. The second-order valence-corrected chi connectivity index (χ2v) is 8.65. The van der Waals surface area contributed by atoms with Crippen molar-refractivity contribution in [2.45, 2.75) is 37.8 Å². The summed E-state index contributed by atoms with van der Waals surface area (Å²) in [4.78, 5) is 6.68. The number of pyridine rings is 1. The molecule has 7 heteroatoms. The van der Waals surface area contributed by atoms with Crippen LogP contribution in [0.5, 0.6) is 0 Å². The van der Waals surface area contributed by atoms with E-state index in [0.717, 1.165) is 38.8 Å². The number of aromatic nitrogens is 1. The molecular formula is C16H22N4O2S. The van der Waals surface area contributed by atoms with Gasteiger partial charge in [-0.05, 0) is 37.8 Å². The summed E-state index contributed by atoms with van der Waals surface area (Å²) in [6.45, 7) is 1.94. The fourth-order valence-electron chi connectivity index (χ4n) is 3.46. The van der Waals surface area contributed by atoms with Crippen LogP contribution in [0, 0.1) is 11.3 Å². The first-order chi connectivity index (χ1) is 11.1. The van der Waals surface area contributed by atoms with E-state index in [1.807, 2.05) is 0 Å². The van der Waals surface area contributed by atoms with Gasteiger partial charge in [0.05, 0.1) is 17.1 Å². The lowest BCUT2D eigenvalue weighted by molar-refractivity contribution is 0.147. The third-order valence-electron chi connectivity index (χ3n) is 4.84. The van der Waals surface area contributed by atoms with E-state index in [0.29, 0.717) is 35.0 Å².